The van der Waals surface area contributed by atoms with Crippen LogP contribution in [-0.2, 0) is 13.1 Å². The van der Waals surface area contributed by atoms with Crippen LogP contribution in [0.1, 0.15) is 49.8 Å². The molecule has 102 valence electrons. The Kier molecular flexibility index (Phi) is 5.22. The Morgan fingerprint density at radius 2 is 2.06 bits per heavy atom. The molecule has 1 aromatic heterocycles. The summed E-state index contributed by atoms with van der Waals surface area (Å²) in [6.45, 7) is 10.2. The van der Waals surface area contributed by atoms with Crippen molar-refractivity contribution in [2.24, 2.45) is 0 Å². The zero-order valence-electron chi connectivity index (χ0n) is 11.9. The number of nitrogens with one attached hydrogen (secondary N) is 1. The Balaban J connectivity index is 1.83. The molecule has 0 aromatic carbocycles. The second-order valence-corrected chi connectivity index (χ2v) is 6.84. The van der Waals surface area contributed by atoms with Gasteiger partial charge in [-0.1, -0.05) is 6.92 Å². The van der Waals surface area contributed by atoms with Crippen molar-refractivity contribution in [2.45, 2.75) is 65.2 Å². The molecule has 18 heavy (non-hydrogen) atoms. The van der Waals surface area contributed by atoms with E-state index in [4.69, 9.17) is 0 Å². The van der Waals surface area contributed by atoms with E-state index in [1.807, 2.05) is 11.3 Å². The predicted octanol–water partition coefficient (Wildman–Crippen LogP) is 3.62. The van der Waals surface area contributed by atoms with Crippen LogP contribution in [0.2, 0.25) is 0 Å². The van der Waals surface area contributed by atoms with Crippen LogP contribution < -0.4 is 5.32 Å². The normalized spacial score (nSPS) is 15.8. The molecular formula is C15H26N2S. The van der Waals surface area contributed by atoms with Gasteiger partial charge in [-0.2, -0.15) is 0 Å². The average Bonchev–Trinajstić information content (AvgIpc) is 3.06. The zero-order chi connectivity index (χ0) is 13.0. The number of nitrogens with zero attached hydrogens (tertiary/aromatic N) is 1. The van der Waals surface area contributed by atoms with Gasteiger partial charge in [0.1, 0.15) is 0 Å². The topological polar surface area (TPSA) is 15.3 Å². The fraction of sp³-hybridized carbons (Fsp3) is 0.733. The molecule has 3 heteroatoms. The van der Waals surface area contributed by atoms with Gasteiger partial charge in [0, 0.05) is 34.9 Å². The summed E-state index contributed by atoms with van der Waals surface area (Å²) in [7, 11) is 0. The molecule has 1 aliphatic carbocycles. The highest BCUT2D eigenvalue weighted by atomic mass is 32.1. The van der Waals surface area contributed by atoms with E-state index >= 15 is 0 Å². The molecule has 0 bridgehead atoms. The first-order chi connectivity index (χ1) is 8.69. The molecule has 2 nitrogen and oxygen atoms in total. The van der Waals surface area contributed by atoms with Crippen molar-refractivity contribution in [3.05, 3.63) is 21.9 Å². The lowest BCUT2D eigenvalue weighted by molar-refractivity contribution is 0.215. The van der Waals surface area contributed by atoms with Gasteiger partial charge in [0.25, 0.3) is 0 Å². The van der Waals surface area contributed by atoms with Crippen molar-refractivity contribution in [2.75, 3.05) is 6.54 Å². The lowest BCUT2D eigenvalue weighted by Crippen LogP contribution is -2.30. The fourth-order valence-corrected chi connectivity index (χ4v) is 3.14. The first kappa shape index (κ1) is 14.0. The monoisotopic (exact) mass is 266 g/mol. The van der Waals surface area contributed by atoms with Gasteiger partial charge in [-0.3, -0.25) is 4.90 Å². The molecule has 0 radical (unpaired) electrons. The molecule has 1 aromatic rings. The van der Waals surface area contributed by atoms with E-state index in [0.29, 0.717) is 6.04 Å². The van der Waals surface area contributed by atoms with Gasteiger partial charge in [-0.25, -0.2) is 0 Å². The van der Waals surface area contributed by atoms with Gasteiger partial charge in [0.15, 0.2) is 0 Å². The molecule has 0 spiro atoms. The van der Waals surface area contributed by atoms with E-state index in [1.54, 1.807) is 0 Å². The third-order valence-electron chi connectivity index (χ3n) is 3.46. The SMILES string of the molecule is CCCN(Cc1ccc(CNC2CC2)s1)C(C)C. The van der Waals surface area contributed by atoms with Crippen LogP contribution in [0, 0.1) is 0 Å². The maximum atomic E-state index is 3.58. The maximum absolute atomic E-state index is 3.58. The second-order valence-electron chi connectivity index (χ2n) is 5.59. The second kappa shape index (κ2) is 6.69. The summed E-state index contributed by atoms with van der Waals surface area (Å²) in [5, 5.41) is 3.58. The van der Waals surface area contributed by atoms with Crippen molar-refractivity contribution < 1.29 is 0 Å². The van der Waals surface area contributed by atoms with Crippen molar-refractivity contribution >= 4 is 11.3 Å². The number of thiophene rings is 1. The Hall–Kier alpha value is -0.380. The summed E-state index contributed by atoms with van der Waals surface area (Å²) in [6.07, 6.45) is 3.98. The van der Waals surface area contributed by atoms with Crippen LogP contribution in [0.15, 0.2) is 12.1 Å². The molecule has 0 unspecified atom stereocenters. The lowest BCUT2D eigenvalue weighted by atomic mass is 10.2. The minimum Gasteiger partial charge on any atom is -0.309 e. The lowest BCUT2D eigenvalue weighted by Gasteiger charge is -2.25. The molecular weight excluding hydrogens is 240 g/mol. The van der Waals surface area contributed by atoms with Crippen LogP contribution in [-0.4, -0.2) is 23.5 Å². The zero-order valence-corrected chi connectivity index (χ0v) is 12.7. The van der Waals surface area contributed by atoms with E-state index in [9.17, 15) is 0 Å². The molecule has 1 aliphatic rings. The molecule has 1 fully saturated rings. The van der Waals surface area contributed by atoms with Gasteiger partial charge in [0.2, 0.25) is 0 Å². The molecule has 1 heterocycles. The molecule has 1 saturated carbocycles. The highest BCUT2D eigenvalue weighted by Crippen LogP contribution is 2.23. The molecule has 0 saturated heterocycles. The van der Waals surface area contributed by atoms with Crippen LogP contribution >= 0.6 is 11.3 Å². The van der Waals surface area contributed by atoms with Crippen LogP contribution in [0.3, 0.4) is 0 Å². The van der Waals surface area contributed by atoms with Gasteiger partial charge in [0.05, 0.1) is 0 Å². The fourth-order valence-electron chi connectivity index (χ4n) is 2.14. The maximum Gasteiger partial charge on any atom is 0.0330 e. The Bertz CT molecular complexity index is 355. The average molecular weight is 266 g/mol. The van der Waals surface area contributed by atoms with Gasteiger partial charge in [-0.15, -0.1) is 11.3 Å². The van der Waals surface area contributed by atoms with E-state index < -0.39 is 0 Å². The highest BCUT2D eigenvalue weighted by Gasteiger charge is 2.20. The summed E-state index contributed by atoms with van der Waals surface area (Å²) in [5.41, 5.74) is 0. The van der Waals surface area contributed by atoms with Crippen molar-refractivity contribution in [3.63, 3.8) is 0 Å². The molecule has 0 aliphatic heterocycles. The molecule has 2 rings (SSSR count). The third-order valence-corrected chi connectivity index (χ3v) is 4.53. The first-order valence-electron chi connectivity index (χ1n) is 7.24. The summed E-state index contributed by atoms with van der Waals surface area (Å²) < 4.78 is 0. The van der Waals surface area contributed by atoms with Crippen molar-refractivity contribution in [1.82, 2.24) is 10.2 Å². The molecule has 1 N–H and O–H groups in total. The Morgan fingerprint density at radius 1 is 1.33 bits per heavy atom. The summed E-state index contributed by atoms with van der Waals surface area (Å²) in [6, 6.07) is 6.04. The van der Waals surface area contributed by atoms with Gasteiger partial charge >= 0.3 is 0 Å². The van der Waals surface area contributed by atoms with E-state index in [2.05, 4.69) is 43.1 Å². The van der Waals surface area contributed by atoms with E-state index in [0.717, 1.165) is 19.1 Å². The number of rotatable bonds is 8. The van der Waals surface area contributed by atoms with Crippen LogP contribution in [0.5, 0.6) is 0 Å². The highest BCUT2D eigenvalue weighted by molar-refractivity contribution is 7.11. The quantitative estimate of drug-likeness (QED) is 0.773. The summed E-state index contributed by atoms with van der Waals surface area (Å²) in [5.74, 6) is 0. The third kappa shape index (κ3) is 4.38. The first-order valence-corrected chi connectivity index (χ1v) is 8.05. The van der Waals surface area contributed by atoms with Gasteiger partial charge in [-0.05, 0) is 51.8 Å². The van der Waals surface area contributed by atoms with Gasteiger partial charge < -0.3 is 5.32 Å². The summed E-state index contributed by atoms with van der Waals surface area (Å²) in [4.78, 5) is 5.55. The van der Waals surface area contributed by atoms with Crippen LogP contribution in [0.4, 0.5) is 0 Å². The predicted molar refractivity (Wildman–Crippen MR) is 80.0 cm³/mol. The minimum atomic E-state index is 0.639. The summed E-state index contributed by atoms with van der Waals surface area (Å²) >= 11 is 1.97. The number of hydrogen-bond acceptors (Lipinski definition) is 3. The molecule has 0 atom stereocenters. The largest absolute Gasteiger partial charge is 0.309 e. The van der Waals surface area contributed by atoms with Crippen molar-refractivity contribution in [1.29, 1.82) is 0 Å². The van der Waals surface area contributed by atoms with Crippen molar-refractivity contribution in [3.8, 4) is 0 Å². The smallest absolute Gasteiger partial charge is 0.0330 e. The number of hydrogen-bond donors (Lipinski definition) is 1. The Morgan fingerprint density at radius 3 is 2.67 bits per heavy atom. The standard InChI is InChI=1S/C15H26N2S/c1-4-9-17(12(2)3)11-15-8-7-14(18-15)10-16-13-5-6-13/h7-8,12-13,16H,4-6,9-11H2,1-3H3. The van der Waals surface area contributed by atoms with Crippen LogP contribution in [0.25, 0.3) is 0 Å². The van der Waals surface area contributed by atoms with E-state index in [1.165, 1.54) is 35.6 Å². The molecule has 0 amide bonds. The minimum absolute atomic E-state index is 0.639. The Labute approximate surface area is 115 Å². The van der Waals surface area contributed by atoms with E-state index in [-0.39, 0.29) is 0 Å².